The zero-order valence-corrected chi connectivity index (χ0v) is 14.4. The highest BCUT2D eigenvalue weighted by atomic mass is 79.9. The summed E-state index contributed by atoms with van der Waals surface area (Å²) < 4.78 is 11.8. The highest BCUT2D eigenvalue weighted by Crippen LogP contribution is 2.12. The molecule has 116 valence electrons. The number of nitrogens with zero attached hydrogens (tertiary/aromatic N) is 1. The van der Waals surface area contributed by atoms with Gasteiger partial charge in [-0.15, -0.1) is 0 Å². The van der Waals surface area contributed by atoms with Gasteiger partial charge in [-0.25, -0.2) is 0 Å². The Morgan fingerprint density at radius 2 is 2.00 bits per heavy atom. The Kier molecular flexibility index (Phi) is 7.47. The first kappa shape index (κ1) is 17.7. The van der Waals surface area contributed by atoms with Crippen LogP contribution in [0.5, 0.6) is 0 Å². The number of rotatable bonds is 2. The van der Waals surface area contributed by atoms with Crippen LogP contribution in [-0.4, -0.2) is 26.3 Å². The van der Waals surface area contributed by atoms with E-state index in [4.69, 9.17) is 9.15 Å². The highest BCUT2D eigenvalue weighted by Gasteiger charge is 2.14. The predicted octanol–water partition coefficient (Wildman–Crippen LogP) is 1.99. The minimum atomic E-state index is -0.121. The van der Waals surface area contributed by atoms with Gasteiger partial charge in [0.25, 0.3) is 0 Å². The van der Waals surface area contributed by atoms with Crippen LogP contribution in [0.4, 0.5) is 5.88 Å². The van der Waals surface area contributed by atoms with Crippen LogP contribution < -0.4 is 21.0 Å². The van der Waals surface area contributed by atoms with E-state index in [1.54, 1.807) is 0 Å². The van der Waals surface area contributed by atoms with Crippen molar-refractivity contribution in [1.29, 1.82) is 0 Å². The van der Waals surface area contributed by atoms with Crippen LogP contribution in [0.1, 0.15) is 20.8 Å². The lowest BCUT2D eigenvalue weighted by molar-refractivity contribution is 0.120. The lowest BCUT2D eigenvalue weighted by Gasteiger charge is -2.26. The van der Waals surface area contributed by atoms with Gasteiger partial charge in [-0.1, -0.05) is 26.5 Å². The molecule has 1 aromatic rings. The Hall–Kier alpha value is -1.33. The maximum absolute atomic E-state index is 12.0. The van der Waals surface area contributed by atoms with Gasteiger partial charge in [-0.05, 0) is 28.9 Å². The number of morpholine rings is 1. The van der Waals surface area contributed by atoms with Crippen LogP contribution in [0.2, 0.25) is 0 Å². The largest absolute Gasteiger partial charge is 0.439 e. The summed E-state index contributed by atoms with van der Waals surface area (Å²) >= 11 is 3.40. The molecular weight excluding hydrogens is 334 g/mol. The van der Waals surface area contributed by atoms with Gasteiger partial charge in [0.1, 0.15) is 0 Å². The van der Waals surface area contributed by atoms with Crippen molar-refractivity contribution in [2.24, 2.45) is 0 Å². The van der Waals surface area contributed by atoms with Crippen LogP contribution in [0.25, 0.3) is 11.1 Å². The van der Waals surface area contributed by atoms with Crippen molar-refractivity contribution in [3.63, 3.8) is 0 Å². The Morgan fingerprint density at radius 1 is 1.38 bits per heavy atom. The van der Waals surface area contributed by atoms with Crippen molar-refractivity contribution in [2.45, 2.75) is 20.8 Å². The van der Waals surface area contributed by atoms with Gasteiger partial charge < -0.3 is 14.1 Å². The maximum atomic E-state index is 12.0. The molecule has 0 N–H and O–H groups in total. The van der Waals surface area contributed by atoms with Gasteiger partial charge >= 0.3 is 0 Å². The monoisotopic (exact) mass is 355 g/mol. The molecule has 1 saturated heterocycles. The van der Waals surface area contributed by atoms with E-state index in [1.165, 1.54) is 6.07 Å². The third kappa shape index (κ3) is 4.58. The summed E-state index contributed by atoms with van der Waals surface area (Å²) in [5.41, 5.74) is 0.358. The molecule has 1 aliphatic rings. The van der Waals surface area contributed by atoms with E-state index in [-0.39, 0.29) is 5.43 Å². The number of hydrogen-bond acceptors (Lipinski definition) is 4. The third-order valence-corrected chi connectivity index (χ3v) is 3.51. The molecule has 0 spiro atoms. The van der Waals surface area contributed by atoms with Gasteiger partial charge in [0.05, 0.1) is 22.9 Å². The fraction of sp³-hybridized carbons (Fsp3) is 0.438. The number of hydrogen-bond donors (Lipinski definition) is 0. The molecular formula is C16H22BrNO3. The third-order valence-electron chi connectivity index (χ3n) is 2.89. The Labute approximate surface area is 133 Å². The molecule has 0 amide bonds. The Morgan fingerprint density at radius 3 is 2.57 bits per heavy atom. The van der Waals surface area contributed by atoms with Crippen LogP contribution >= 0.6 is 15.9 Å². The van der Waals surface area contributed by atoms with Crippen molar-refractivity contribution in [1.82, 2.24) is 0 Å². The van der Waals surface area contributed by atoms with Gasteiger partial charge in [-0.3, -0.25) is 4.79 Å². The zero-order chi connectivity index (χ0) is 15.8. The highest BCUT2D eigenvalue weighted by molar-refractivity contribution is 9.15. The summed E-state index contributed by atoms with van der Waals surface area (Å²) in [5.74, 6) is 0.567. The fourth-order valence-electron chi connectivity index (χ4n) is 1.86. The summed E-state index contributed by atoms with van der Waals surface area (Å²) in [4.78, 5) is 14.0. The van der Waals surface area contributed by atoms with Crippen LogP contribution in [-0.2, 0) is 4.74 Å². The standard InChI is InChI=1S/C14H16BrNO3.C2H6/c1-3-4-11(15)14-10(2)12(17)9-13(19-14)16-5-7-18-8-6-16;1-2/h3-4,9H,2,5-8H2,1H3;1-2H3/b4-3-,14-11-;. The summed E-state index contributed by atoms with van der Waals surface area (Å²) in [6.45, 7) is 12.4. The van der Waals surface area contributed by atoms with Gasteiger partial charge in [0, 0.05) is 19.2 Å². The molecule has 1 fully saturated rings. The van der Waals surface area contributed by atoms with Crippen molar-refractivity contribution in [3.8, 4) is 0 Å². The summed E-state index contributed by atoms with van der Waals surface area (Å²) in [5, 5.41) is 0.363. The average Bonchev–Trinajstić information content (AvgIpc) is 2.53. The SMILES string of the molecule is C=c1c(=O)cc(N2CCOCC2)o/c1=C(Br)/C=C\C.CC. The summed E-state index contributed by atoms with van der Waals surface area (Å²) in [7, 11) is 0. The van der Waals surface area contributed by atoms with Crippen molar-refractivity contribution >= 4 is 32.9 Å². The molecule has 2 heterocycles. The number of anilines is 1. The van der Waals surface area contributed by atoms with E-state index < -0.39 is 0 Å². The van der Waals surface area contributed by atoms with E-state index >= 15 is 0 Å². The molecule has 0 bridgehead atoms. The smallest absolute Gasteiger partial charge is 0.200 e. The second-order valence-electron chi connectivity index (χ2n) is 4.20. The molecule has 0 unspecified atom stereocenters. The lowest BCUT2D eigenvalue weighted by Crippen LogP contribution is -2.42. The van der Waals surface area contributed by atoms with Crippen LogP contribution in [0, 0.1) is 0 Å². The first-order valence-electron chi connectivity index (χ1n) is 7.12. The molecule has 2 rings (SSSR count). The second kappa shape index (κ2) is 8.85. The van der Waals surface area contributed by atoms with E-state index in [9.17, 15) is 4.79 Å². The Bertz CT molecular complexity index is 642. The van der Waals surface area contributed by atoms with Crippen LogP contribution in [0.15, 0.2) is 27.4 Å². The first-order valence-corrected chi connectivity index (χ1v) is 7.91. The molecule has 4 nitrogen and oxygen atoms in total. The van der Waals surface area contributed by atoms with E-state index in [2.05, 4.69) is 22.5 Å². The fourth-order valence-corrected chi connectivity index (χ4v) is 2.45. The molecule has 0 atom stereocenters. The van der Waals surface area contributed by atoms with Crippen LogP contribution in [0.3, 0.4) is 0 Å². The zero-order valence-electron chi connectivity index (χ0n) is 12.8. The number of ether oxygens (including phenoxy) is 1. The molecule has 0 aromatic carbocycles. The minimum Gasteiger partial charge on any atom is -0.439 e. The molecule has 0 radical (unpaired) electrons. The average molecular weight is 356 g/mol. The lowest BCUT2D eigenvalue weighted by atomic mass is 10.3. The predicted molar refractivity (Wildman–Crippen MR) is 91.3 cm³/mol. The van der Waals surface area contributed by atoms with Gasteiger partial charge in [0.2, 0.25) is 0 Å². The molecule has 0 aliphatic carbocycles. The van der Waals surface area contributed by atoms with E-state index in [1.807, 2.05) is 37.8 Å². The van der Waals surface area contributed by atoms with Crippen molar-refractivity contribution < 1.29 is 9.15 Å². The molecule has 0 saturated carbocycles. The van der Waals surface area contributed by atoms with Gasteiger partial charge in [-0.2, -0.15) is 0 Å². The maximum Gasteiger partial charge on any atom is 0.200 e. The van der Waals surface area contributed by atoms with E-state index in [0.29, 0.717) is 34.2 Å². The molecule has 5 heteroatoms. The quantitative estimate of drug-likeness (QED) is 0.813. The second-order valence-corrected chi connectivity index (χ2v) is 5.06. The van der Waals surface area contributed by atoms with Crippen molar-refractivity contribution in [3.05, 3.63) is 39.1 Å². The van der Waals surface area contributed by atoms with Gasteiger partial charge in [0.15, 0.2) is 16.7 Å². The number of allylic oxidation sites excluding steroid dienone is 2. The molecule has 1 aliphatic heterocycles. The summed E-state index contributed by atoms with van der Waals surface area (Å²) in [6.07, 6.45) is 3.70. The minimum absolute atomic E-state index is 0.121. The normalized spacial score (nSPS) is 16.5. The topological polar surface area (TPSA) is 42.7 Å². The first-order chi connectivity index (χ1) is 10.1. The molecule has 1 aromatic heterocycles. The number of halogens is 1. The van der Waals surface area contributed by atoms with E-state index in [0.717, 1.165) is 13.1 Å². The van der Waals surface area contributed by atoms with Crippen molar-refractivity contribution in [2.75, 3.05) is 31.2 Å². The molecule has 21 heavy (non-hydrogen) atoms. The summed E-state index contributed by atoms with van der Waals surface area (Å²) in [6, 6.07) is 1.49. The Balaban J connectivity index is 0.00000106.